The van der Waals surface area contributed by atoms with Crippen molar-refractivity contribution in [2.24, 2.45) is 5.41 Å². The number of fused-ring (bicyclic) bond motifs is 1. The highest BCUT2D eigenvalue weighted by Crippen LogP contribution is 2.40. The Kier molecular flexibility index (Phi) is 6.08. The highest BCUT2D eigenvalue weighted by atomic mass is 79.9. The van der Waals surface area contributed by atoms with E-state index < -0.39 is 10.0 Å². The van der Waals surface area contributed by atoms with Crippen LogP contribution in [0.1, 0.15) is 42.0 Å². The molecule has 1 aliphatic carbocycles. The summed E-state index contributed by atoms with van der Waals surface area (Å²) in [4.78, 5) is 21.3. The number of aromatic nitrogens is 3. The normalized spacial score (nSPS) is 14.9. The molecule has 0 bridgehead atoms. The van der Waals surface area contributed by atoms with Crippen LogP contribution in [0.5, 0.6) is 0 Å². The fourth-order valence-electron chi connectivity index (χ4n) is 4.59. The first-order chi connectivity index (χ1) is 17.0. The Balaban J connectivity index is 1.58. The van der Waals surface area contributed by atoms with E-state index in [-0.39, 0.29) is 22.0 Å². The summed E-state index contributed by atoms with van der Waals surface area (Å²) in [5, 5.41) is 0. The third kappa shape index (κ3) is 4.73. The lowest BCUT2D eigenvalue weighted by Gasteiger charge is -2.30. The SMILES string of the molecule is Cc1ccnc(NS(=O)(=O)c2ccc(-n3c(-c4ccc(Br)cc4)cc4c3CC(C)(C)CC4=O)cc2)n1. The van der Waals surface area contributed by atoms with Gasteiger partial charge in [0.25, 0.3) is 10.0 Å². The minimum atomic E-state index is -3.87. The van der Waals surface area contributed by atoms with Crippen LogP contribution in [0, 0.1) is 12.3 Å². The number of anilines is 1. The molecule has 9 heteroatoms. The Morgan fingerprint density at radius 3 is 2.36 bits per heavy atom. The highest BCUT2D eigenvalue weighted by molar-refractivity contribution is 9.10. The van der Waals surface area contributed by atoms with Crippen LogP contribution >= 0.6 is 15.9 Å². The lowest BCUT2D eigenvalue weighted by Crippen LogP contribution is -2.27. The van der Waals surface area contributed by atoms with Gasteiger partial charge in [0.2, 0.25) is 5.95 Å². The zero-order chi connectivity index (χ0) is 25.7. The molecule has 1 N–H and O–H groups in total. The summed E-state index contributed by atoms with van der Waals surface area (Å²) in [5.41, 5.74) is 4.80. The van der Waals surface area contributed by atoms with E-state index in [4.69, 9.17) is 0 Å². The summed E-state index contributed by atoms with van der Waals surface area (Å²) in [6, 6.07) is 18.2. The lowest BCUT2D eigenvalue weighted by molar-refractivity contribution is 0.0911. The Hall–Kier alpha value is -3.30. The summed E-state index contributed by atoms with van der Waals surface area (Å²) < 4.78 is 31.4. The maximum atomic E-state index is 13.0. The van der Waals surface area contributed by atoms with Gasteiger partial charge in [0, 0.05) is 39.7 Å². The van der Waals surface area contributed by atoms with Crippen molar-refractivity contribution in [2.45, 2.75) is 38.5 Å². The predicted octanol–water partition coefficient (Wildman–Crippen LogP) is 5.96. The van der Waals surface area contributed by atoms with Crippen LogP contribution in [0.2, 0.25) is 0 Å². The summed E-state index contributed by atoms with van der Waals surface area (Å²) in [6.45, 7) is 5.96. The van der Waals surface area contributed by atoms with E-state index >= 15 is 0 Å². The molecule has 2 heterocycles. The average molecular weight is 565 g/mol. The van der Waals surface area contributed by atoms with Crippen molar-refractivity contribution in [2.75, 3.05) is 4.72 Å². The molecule has 2 aromatic heterocycles. The van der Waals surface area contributed by atoms with Crippen LogP contribution in [0.3, 0.4) is 0 Å². The largest absolute Gasteiger partial charge is 0.313 e. The Morgan fingerprint density at radius 2 is 1.69 bits per heavy atom. The van der Waals surface area contributed by atoms with Gasteiger partial charge in [0.1, 0.15) is 0 Å². The van der Waals surface area contributed by atoms with Crippen LogP contribution in [0.15, 0.2) is 76.2 Å². The molecule has 0 unspecified atom stereocenters. The van der Waals surface area contributed by atoms with Crippen molar-refractivity contribution >= 4 is 37.7 Å². The third-order valence-electron chi connectivity index (χ3n) is 6.25. The summed E-state index contributed by atoms with van der Waals surface area (Å²) in [7, 11) is -3.87. The zero-order valence-corrected chi connectivity index (χ0v) is 22.5. The van der Waals surface area contributed by atoms with Crippen LogP contribution in [0.4, 0.5) is 5.95 Å². The zero-order valence-electron chi connectivity index (χ0n) is 20.1. The molecule has 0 fully saturated rings. The number of nitrogens with zero attached hydrogens (tertiary/aromatic N) is 3. The summed E-state index contributed by atoms with van der Waals surface area (Å²) in [6.07, 6.45) is 2.73. The number of carbonyl (C=O) groups is 1. The van der Waals surface area contributed by atoms with Crippen molar-refractivity contribution in [3.05, 3.63) is 88.3 Å². The number of ketones is 1. The average Bonchev–Trinajstić information content (AvgIpc) is 3.18. The molecule has 1 aliphatic rings. The van der Waals surface area contributed by atoms with Crippen LogP contribution in [0.25, 0.3) is 16.9 Å². The molecule has 0 amide bonds. The summed E-state index contributed by atoms with van der Waals surface area (Å²) >= 11 is 3.48. The molecule has 2 aromatic carbocycles. The van der Waals surface area contributed by atoms with Gasteiger partial charge in [0.05, 0.1) is 10.6 Å². The monoisotopic (exact) mass is 564 g/mol. The van der Waals surface area contributed by atoms with E-state index in [0.717, 1.165) is 39.1 Å². The van der Waals surface area contributed by atoms with Crippen molar-refractivity contribution < 1.29 is 13.2 Å². The maximum absolute atomic E-state index is 13.0. The second-order valence-electron chi connectivity index (χ2n) is 9.79. The second-order valence-corrected chi connectivity index (χ2v) is 12.4. The van der Waals surface area contributed by atoms with Crippen LogP contribution in [-0.2, 0) is 16.4 Å². The Morgan fingerprint density at radius 1 is 1.00 bits per heavy atom. The Bertz CT molecular complexity index is 1570. The van der Waals surface area contributed by atoms with E-state index in [9.17, 15) is 13.2 Å². The van der Waals surface area contributed by atoms with Crippen molar-refractivity contribution in [3.63, 3.8) is 0 Å². The number of benzene rings is 2. The Labute approximate surface area is 218 Å². The van der Waals surface area contributed by atoms with Gasteiger partial charge in [-0.2, -0.15) is 0 Å². The van der Waals surface area contributed by atoms with Crippen molar-refractivity contribution in [1.29, 1.82) is 0 Å². The number of Topliss-reactive ketones (excluding diaryl/α,β-unsaturated/α-hetero) is 1. The molecule has 0 aliphatic heterocycles. The smallest absolute Gasteiger partial charge is 0.264 e. The molecule has 36 heavy (non-hydrogen) atoms. The lowest BCUT2D eigenvalue weighted by atomic mass is 9.76. The van der Waals surface area contributed by atoms with E-state index in [1.807, 2.05) is 30.3 Å². The molecular formula is C27H25BrN4O3S. The van der Waals surface area contributed by atoms with Gasteiger partial charge in [-0.05, 0) is 72.9 Å². The molecule has 0 atom stereocenters. The van der Waals surface area contributed by atoms with Crippen LogP contribution < -0.4 is 4.72 Å². The fraction of sp³-hybridized carbons (Fsp3) is 0.222. The van der Waals surface area contributed by atoms with E-state index in [1.54, 1.807) is 37.3 Å². The maximum Gasteiger partial charge on any atom is 0.264 e. The highest BCUT2D eigenvalue weighted by Gasteiger charge is 2.35. The topological polar surface area (TPSA) is 94.0 Å². The molecule has 0 spiro atoms. The molecule has 0 saturated heterocycles. The second kappa shape index (κ2) is 8.97. The number of carbonyl (C=O) groups excluding carboxylic acids is 1. The van der Waals surface area contributed by atoms with Gasteiger partial charge in [-0.3, -0.25) is 4.79 Å². The van der Waals surface area contributed by atoms with Gasteiger partial charge >= 0.3 is 0 Å². The van der Waals surface area contributed by atoms with Gasteiger partial charge in [-0.15, -0.1) is 0 Å². The third-order valence-corrected chi connectivity index (χ3v) is 8.13. The van der Waals surface area contributed by atoms with E-state index in [2.05, 4.69) is 49.0 Å². The molecule has 0 radical (unpaired) electrons. The molecule has 7 nitrogen and oxygen atoms in total. The molecule has 5 rings (SSSR count). The van der Waals surface area contributed by atoms with Gasteiger partial charge in [-0.1, -0.05) is 41.9 Å². The predicted molar refractivity (Wildman–Crippen MR) is 143 cm³/mol. The molecule has 0 saturated carbocycles. The van der Waals surface area contributed by atoms with E-state index in [0.29, 0.717) is 12.1 Å². The number of hydrogen-bond acceptors (Lipinski definition) is 5. The molecular weight excluding hydrogens is 540 g/mol. The van der Waals surface area contributed by atoms with Gasteiger partial charge < -0.3 is 4.57 Å². The standard InChI is InChI=1S/C27H25BrN4O3S/c1-17-12-13-29-26(30-17)31-36(34,35)21-10-8-20(9-11-21)32-23(18-4-6-19(28)7-5-18)14-22-24(32)15-27(2,3)16-25(22)33/h4-14H,15-16H2,1-3H3,(H,29,30,31). The van der Waals surface area contributed by atoms with Gasteiger partial charge in [0.15, 0.2) is 5.78 Å². The van der Waals surface area contributed by atoms with Gasteiger partial charge in [-0.25, -0.2) is 23.1 Å². The number of rotatable bonds is 5. The van der Waals surface area contributed by atoms with Crippen LogP contribution in [-0.4, -0.2) is 28.7 Å². The fourth-order valence-corrected chi connectivity index (χ4v) is 5.81. The first kappa shape index (κ1) is 24.4. The van der Waals surface area contributed by atoms with Crippen molar-refractivity contribution in [1.82, 2.24) is 14.5 Å². The number of nitrogens with one attached hydrogen (secondary N) is 1. The molecule has 184 valence electrons. The quantitative estimate of drug-likeness (QED) is 0.322. The minimum Gasteiger partial charge on any atom is -0.313 e. The first-order valence-corrected chi connectivity index (χ1v) is 13.8. The number of halogens is 1. The number of hydrogen-bond donors (Lipinski definition) is 1. The minimum absolute atomic E-state index is 0.0248. The number of aryl methyl sites for hydroxylation is 1. The first-order valence-electron chi connectivity index (χ1n) is 11.5. The number of sulfonamides is 1. The van der Waals surface area contributed by atoms with E-state index in [1.165, 1.54) is 6.20 Å². The summed E-state index contributed by atoms with van der Waals surface area (Å²) in [5.74, 6) is 0.150. The molecule has 4 aromatic rings. The van der Waals surface area contributed by atoms with Crippen molar-refractivity contribution in [3.8, 4) is 16.9 Å².